The highest BCUT2D eigenvalue weighted by atomic mass is 79.9. The molecule has 0 saturated carbocycles. The Bertz CT molecular complexity index is 1040. The summed E-state index contributed by atoms with van der Waals surface area (Å²) in [7, 11) is 0. The van der Waals surface area contributed by atoms with Gasteiger partial charge in [-0.1, -0.05) is 24.3 Å². The molecule has 0 unspecified atom stereocenters. The van der Waals surface area contributed by atoms with Gasteiger partial charge in [-0.2, -0.15) is 14.9 Å². The van der Waals surface area contributed by atoms with Gasteiger partial charge >= 0.3 is 0 Å². The minimum atomic E-state index is 0.229. The number of aromatic nitrogens is 3. The van der Waals surface area contributed by atoms with Crippen LogP contribution in [-0.2, 0) is 0 Å². The molecule has 1 N–H and O–H groups in total. The fourth-order valence-electron chi connectivity index (χ4n) is 2.55. The monoisotopic (exact) mass is 416 g/mol. The van der Waals surface area contributed by atoms with Crippen LogP contribution < -0.4 is 9.47 Å². The number of nitrogens with one attached hydrogen (secondary N) is 1. The van der Waals surface area contributed by atoms with E-state index in [9.17, 15) is 0 Å². The Labute approximate surface area is 157 Å². The number of nitrogens with zero attached hydrogens (tertiary/aromatic N) is 3. The molecule has 4 rings (SSSR count). The van der Waals surface area contributed by atoms with Crippen LogP contribution in [0.25, 0.3) is 11.4 Å². The van der Waals surface area contributed by atoms with Gasteiger partial charge < -0.3 is 9.47 Å². The fraction of sp³-hybridized carbons (Fsp3) is 0.118. The van der Waals surface area contributed by atoms with Crippen molar-refractivity contribution in [3.05, 3.63) is 56.8 Å². The zero-order valence-corrected chi connectivity index (χ0v) is 15.6. The lowest BCUT2D eigenvalue weighted by Gasteiger charge is -2.05. The first-order valence-corrected chi connectivity index (χ1v) is 8.70. The quantitative estimate of drug-likeness (QED) is 0.510. The van der Waals surface area contributed by atoms with Crippen LogP contribution in [0.15, 0.2) is 46.0 Å². The van der Waals surface area contributed by atoms with E-state index in [1.165, 1.54) is 0 Å². The maximum atomic E-state index is 5.41. The van der Waals surface area contributed by atoms with Crippen molar-refractivity contribution in [1.82, 2.24) is 14.9 Å². The molecule has 2 heterocycles. The number of hydrogen-bond donors (Lipinski definition) is 1. The van der Waals surface area contributed by atoms with E-state index in [2.05, 4.69) is 31.2 Å². The second-order valence-electron chi connectivity index (χ2n) is 5.45. The van der Waals surface area contributed by atoms with Gasteiger partial charge in [0.2, 0.25) is 11.6 Å². The largest absolute Gasteiger partial charge is 0.454 e. The van der Waals surface area contributed by atoms with Crippen molar-refractivity contribution in [2.75, 3.05) is 6.79 Å². The third kappa shape index (κ3) is 2.98. The Kier molecular flexibility index (Phi) is 4.14. The molecule has 8 heteroatoms. The predicted molar refractivity (Wildman–Crippen MR) is 101 cm³/mol. The van der Waals surface area contributed by atoms with Gasteiger partial charge in [-0.25, -0.2) is 5.10 Å². The van der Waals surface area contributed by atoms with Crippen LogP contribution in [-0.4, -0.2) is 27.9 Å². The topological polar surface area (TPSA) is 64.4 Å². The third-order valence-electron chi connectivity index (χ3n) is 3.84. The van der Waals surface area contributed by atoms with Crippen molar-refractivity contribution in [2.45, 2.75) is 6.92 Å². The molecule has 0 fully saturated rings. The molecule has 1 aliphatic heterocycles. The maximum Gasteiger partial charge on any atom is 0.231 e. The van der Waals surface area contributed by atoms with Crippen LogP contribution in [0.5, 0.6) is 11.5 Å². The molecule has 3 aromatic rings. The van der Waals surface area contributed by atoms with E-state index in [0.29, 0.717) is 22.1 Å². The van der Waals surface area contributed by atoms with Crippen LogP contribution in [0.4, 0.5) is 0 Å². The molecule has 0 saturated heterocycles. The zero-order chi connectivity index (χ0) is 17.4. The molecule has 2 aromatic carbocycles. The number of benzene rings is 2. The maximum absolute atomic E-state index is 5.41. The predicted octanol–water partition coefficient (Wildman–Crippen LogP) is 4.29. The molecule has 1 aromatic heterocycles. The Balaban J connectivity index is 1.75. The summed E-state index contributed by atoms with van der Waals surface area (Å²) in [6.45, 7) is 2.25. The van der Waals surface area contributed by atoms with E-state index in [-0.39, 0.29) is 6.79 Å². The lowest BCUT2D eigenvalue weighted by Crippen LogP contribution is -1.97. The molecule has 0 amide bonds. The van der Waals surface area contributed by atoms with Crippen molar-refractivity contribution in [2.24, 2.45) is 5.10 Å². The Morgan fingerprint density at radius 3 is 2.84 bits per heavy atom. The summed E-state index contributed by atoms with van der Waals surface area (Å²) < 4.78 is 13.7. The molecule has 0 aliphatic carbocycles. The van der Waals surface area contributed by atoms with Gasteiger partial charge in [0, 0.05) is 15.6 Å². The number of rotatable bonds is 3. The van der Waals surface area contributed by atoms with Crippen molar-refractivity contribution in [3.8, 4) is 22.9 Å². The standard InChI is InChI=1S/C17H13BrN4O2S/c1-10-4-2-3-5-12(10)16-20-21-17(25)22(16)19-8-11-6-14-15(7-13(11)18)24-9-23-14/h2-8H,9H2,1H3,(H,21,25). The van der Waals surface area contributed by atoms with E-state index in [1.54, 1.807) is 10.9 Å². The molecule has 0 bridgehead atoms. The van der Waals surface area contributed by atoms with E-state index in [4.69, 9.17) is 21.7 Å². The number of hydrogen-bond acceptors (Lipinski definition) is 5. The SMILES string of the molecule is Cc1ccccc1-c1n[nH]c(=S)n1N=Cc1cc2c(cc1Br)OCO2. The van der Waals surface area contributed by atoms with Gasteiger partial charge in [0.1, 0.15) is 0 Å². The minimum absolute atomic E-state index is 0.229. The van der Waals surface area contributed by atoms with Gasteiger partial charge in [0.25, 0.3) is 0 Å². The first-order valence-electron chi connectivity index (χ1n) is 7.50. The summed E-state index contributed by atoms with van der Waals surface area (Å²) >= 11 is 8.84. The van der Waals surface area contributed by atoms with Gasteiger partial charge in [-0.15, -0.1) is 0 Å². The van der Waals surface area contributed by atoms with Crippen molar-refractivity contribution in [1.29, 1.82) is 0 Å². The molecule has 126 valence electrons. The highest BCUT2D eigenvalue weighted by Crippen LogP contribution is 2.36. The molecular formula is C17H13BrN4O2S. The van der Waals surface area contributed by atoms with Crippen molar-refractivity contribution in [3.63, 3.8) is 0 Å². The molecule has 0 spiro atoms. The van der Waals surface area contributed by atoms with Gasteiger partial charge in [0.15, 0.2) is 17.3 Å². The molecular weight excluding hydrogens is 404 g/mol. The Morgan fingerprint density at radius 2 is 2.04 bits per heavy atom. The van der Waals surface area contributed by atoms with Gasteiger partial charge in [-0.3, -0.25) is 0 Å². The summed E-state index contributed by atoms with van der Waals surface area (Å²) in [5, 5.41) is 11.6. The number of aromatic amines is 1. The molecule has 25 heavy (non-hydrogen) atoms. The fourth-order valence-corrected chi connectivity index (χ4v) is 3.15. The van der Waals surface area contributed by atoms with Crippen LogP contribution in [0, 0.1) is 11.7 Å². The number of H-pyrrole nitrogens is 1. The smallest absolute Gasteiger partial charge is 0.231 e. The van der Waals surface area contributed by atoms with E-state index < -0.39 is 0 Å². The van der Waals surface area contributed by atoms with Gasteiger partial charge in [0.05, 0.1) is 6.21 Å². The highest BCUT2D eigenvalue weighted by Gasteiger charge is 2.16. The number of aryl methyl sites for hydroxylation is 1. The van der Waals surface area contributed by atoms with Crippen LogP contribution in [0.2, 0.25) is 0 Å². The Hall–Kier alpha value is -2.45. The highest BCUT2D eigenvalue weighted by molar-refractivity contribution is 9.10. The second-order valence-corrected chi connectivity index (χ2v) is 6.69. The number of ether oxygens (including phenoxy) is 2. The van der Waals surface area contributed by atoms with Crippen LogP contribution >= 0.6 is 28.1 Å². The molecule has 0 radical (unpaired) electrons. The van der Waals surface area contributed by atoms with Crippen LogP contribution in [0.3, 0.4) is 0 Å². The average Bonchev–Trinajstić information content (AvgIpc) is 3.19. The van der Waals surface area contributed by atoms with E-state index in [1.807, 2.05) is 43.3 Å². The molecule has 0 atom stereocenters. The summed E-state index contributed by atoms with van der Waals surface area (Å²) in [6.07, 6.45) is 1.71. The number of halogens is 1. The van der Waals surface area contributed by atoms with Crippen molar-refractivity contribution >= 4 is 34.4 Å². The zero-order valence-electron chi connectivity index (χ0n) is 13.2. The normalized spacial score (nSPS) is 12.9. The molecule has 1 aliphatic rings. The average molecular weight is 417 g/mol. The minimum Gasteiger partial charge on any atom is -0.454 e. The number of fused-ring (bicyclic) bond motifs is 1. The van der Waals surface area contributed by atoms with Crippen molar-refractivity contribution < 1.29 is 9.47 Å². The lowest BCUT2D eigenvalue weighted by molar-refractivity contribution is 0.174. The summed E-state index contributed by atoms with van der Waals surface area (Å²) in [5.74, 6) is 2.07. The summed E-state index contributed by atoms with van der Waals surface area (Å²) in [4.78, 5) is 0. The van der Waals surface area contributed by atoms with E-state index in [0.717, 1.165) is 21.2 Å². The van der Waals surface area contributed by atoms with E-state index >= 15 is 0 Å². The Morgan fingerprint density at radius 1 is 1.28 bits per heavy atom. The second kappa shape index (κ2) is 6.45. The summed E-state index contributed by atoms with van der Waals surface area (Å²) in [6, 6.07) is 11.7. The first kappa shape index (κ1) is 16.0. The summed E-state index contributed by atoms with van der Waals surface area (Å²) in [5.41, 5.74) is 2.91. The third-order valence-corrected chi connectivity index (χ3v) is 4.79. The van der Waals surface area contributed by atoms with Crippen LogP contribution in [0.1, 0.15) is 11.1 Å². The lowest BCUT2D eigenvalue weighted by atomic mass is 10.1. The van der Waals surface area contributed by atoms with Gasteiger partial charge in [-0.05, 0) is 52.8 Å². The first-order chi connectivity index (χ1) is 12.1. The molecule has 6 nitrogen and oxygen atoms in total.